The van der Waals surface area contributed by atoms with E-state index in [1.165, 1.54) is 67.1 Å². The number of likely N-dealkylation sites (tertiary alicyclic amines) is 1. The molecule has 0 radical (unpaired) electrons. The van der Waals surface area contributed by atoms with E-state index in [4.69, 9.17) is 4.98 Å². The number of rotatable bonds is 8. The Bertz CT molecular complexity index is 819. The molecule has 2 fully saturated rings. The van der Waals surface area contributed by atoms with Crippen LogP contribution in [0.2, 0.25) is 0 Å². The van der Waals surface area contributed by atoms with Gasteiger partial charge in [0.25, 0.3) is 0 Å². The standard InChI is InChI=1S/C24H36N6S/c1-25-23(26-12-11-22-19-31-24(28-22)30-15-5-6-16-30)27-17-20-7-9-21(10-8-20)18-29-13-3-2-4-14-29/h7-10,19H,2-6,11-18H2,1H3,(H2,25,26,27). The molecule has 0 amide bonds. The van der Waals surface area contributed by atoms with Gasteiger partial charge in [0, 0.05) is 51.6 Å². The normalized spacial score (nSPS) is 17.8. The molecule has 7 heteroatoms. The summed E-state index contributed by atoms with van der Waals surface area (Å²) in [5.74, 6) is 0.840. The second-order valence-electron chi connectivity index (χ2n) is 8.57. The molecule has 0 spiro atoms. The van der Waals surface area contributed by atoms with E-state index in [0.717, 1.165) is 45.1 Å². The number of nitrogens with zero attached hydrogens (tertiary/aromatic N) is 4. The third-order valence-corrected chi connectivity index (χ3v) is 7.10. The Kier molecular flexibility index (Phi) is 8.18. The molecule has 1 aromatic carbocycles. The number of piperidine rings is 1. The quantitative estimate of drug-likeness (QED) is 0.485. The maximum atomic E-state index is 4.80. The number of nitrogens with one attached hydrogen (secondary N) is 2. The fraction of sp³-hybridized carbons (Fsp3) is 0.583. The Morgan fingerprint density at radius 2 is 1.68 bits per heavy atom. The first kappa shape index (κ1) is 22.1. The molecule has 3 heterocycles. The summed E-state index contributed by atoms with van der Waals surface area (Å²) >= 11 is 1.77. The number of aliphatic imine (C=N–C) groups is 1. The van der Waals surface area contributed by atoms with Crippen LogP contribution < -0.4 is 15.5 Å². The Morgan fingerprint density at radius 3 is 2.42 bits per heavy atom. The number of aromatic nitrogens is 1. The Hall–Kier alpha value is -2.12. The minimum Gasteiger partial charge on any atom is -0.356 e. The predicted molar refractivity (Wildman–Crippen MR) is 131 cm³/mol. The number of thiazole rings is 1. The molecule has 4 rings (SSSR count). The van der Waals surface area contributed by atoms with Crippen molar-refractivity contribution in [1.82, 2.24) is 20.5 Å². The van der Waals surface area contributed by atoms with Crippen molar-refractivity contribution in [2.45, 2.75) is 51.6 Å². The zero-order valence-corrected chi connectivity index (χ0v) is 19.6. The molecule has 0 aliphatic carbocycles. The van der Waals surface area contributed by atoms with Crippen LogP contribution in [0, 0.1) is 0 Å². The topological polar surface area (TPSA) is 55.8 Å². The third-order valence-electron chi connectivity index (χ3n) is 6.15. The zero-order chi connectivity index (χ0) is 21.3. The lowest BCUT2D eigenvalue weighted by atomic mass is 10.1. The van der Waals surface area contributed by atoms with Crippen LogP contribution in [0.25, 0.3) is 0 Å². The molecule has 0 unspecified atom stereocenters. The molecular formula is C24H36N6S. The van der Waals surface area contributed by atoms with Crippen LogP contribution in [0.3, 0.4) is 0 Å². The molecule has 0 bridgehead atoms. The van der Waals surface area contributed by atoms with Crippen molar-refractivity contribution >= 4 is 22.4 Å². The average Bonchev–Trinajstić information content (AvgIpc) is 3.50. The van der Waals surface area contributed by atoms with Crippen LogP contribution in [0.5, 0.6) is 0 Å². The number of benzene rings is 1. The van der Waals surface area contributed by atoms with Crippen molar-refractivity contribution in [3.05, 3.63) is 46.5 Å². The van der Waals surface area contributed by atoms with Crippen LogP contribution in [0.1, 0.15) is 48.9 Å². The fourth-order valence-electron chi connectivity index (χ4n) is 4.32. The van der Waals surface area contributed by atoms with Crippen molar-refractivity contribution in [3.63, 3.8) is 0 Å². The van der Waals surface area contributed by atoms with Gasteiger partial charge >= 0.3 is 0 Å². The molecule has 2 aliphatic rings. The second kappa shape index (κ2) is 11.5. The van der Waals surface area contributed by atoms with E-state index >= 15 is 0 Å². The van der Waals surface area contributed by atoms with Crippen molar-refractivity contribution in [2.75, 3.05) is 44.7 Å². The van der Waals surface area contributed by atoms with Gasteiger partial charge in [0.05, 0.1) is 5.69 Å². The van der Waals surface area contributed by atoms with Gasteiger partial charge in [-0.25, -0.2) is 4.98 Å². The van der Waals surface area contributed by atoms with E-state index < -0.39 is 0 Å². The van der Waals surface area contributed by atoms with Crippen LogP contribution in [-0.4, -0.2) is 55.6 Å². The van der Waals surface area contributed by atoms with Gasteiger partial charge in [-0.15, -0.1) is 11.3 Å². The number of hydrogen-bond acceptors (Lipinski definition) is 5. The number of guanidine groups is 1. The summed E-state index contributed by atoms with van der Waals surface area (Å²) in [6.07, 6.45) is 7.57. The molecule has 2 aromatic rings. The molecule has 6 nitrogen and oxygen atoms in total. The Labute approximate surface area is 190 Å². The van der Waals surface area contributed by atoms with Crippen LogP contribution >= 0.6 is 11.3 Å². The summed E-state index contributed by atoms with van der Waals surface area (Å²) in [7, 11) is 1.82. The highest BCUT2D eigenvalue weighted by atomic mass is 32.1. The van der Waals surface area contributed by atoms with Gasteiger partial charge in [0.2, 0.25) is 0 Å². The van der Waals surface area contributed by atoms with E-state index in [9.17, 15) is 0 Å². The summed E-state index contributed by atoms with van der Waals surface area (Å²) in [4.78, 5) is 14.1. The predicted octanol–water partition coefficient (Wildman–Crippen LogP) is 3.64. The maximum absolute atomic E-state index is 4.80. The average molecular weight is 441 g/mol. The van der Waals surface area contributed by atoms with E-state index in [0.29, 0.717) is 0 Å². The van der Waals surface area contributed by atoms with E-state index in [2.05, 4.69) is 55.1 Å². The first-order valence-corrected chi connectivity index (χ1v) is 12.6. The van der Waals surface area contributed by atoms with Gasteiger partial charge < -0.3 is 15.5 Å². The van der Waals surface area contributed by atoms with Gasteiger partial charge in [-0.3, -0.25) is 9.89 Å². The summed E-state index contributed by atoms with van der Waals surface area (Å²) in [6, 6.07) is 8.99. The monoisotopic (exact) mass is 440 g/mol. The van der Waals surface area contributed by atoms with Crippen LogP contribution in [0.15, 0.2) is 34.6 Å². The van der Waals surface area contributed by atoms with Crippen molar-refractivity contribution < 1.29 is 0 Å². The summed E-state index contributed by atoms with van der Waals surface area (Å²) in [5.41, 5.74) is 3.85. The minimum atomic E-state index is 0.777. The second-order valence-corrected chi connectivity index (χ2v) is 9.41. The zero-order valence-electron chi connectivity index (χ0n) is 18.8. The van der Waals surface area contributed by atoms with Gasteiger partial charge in [0.1, 0.15) is 0 Å². The molecule has 168 valence electrons. The van der Waals surface area contributed by atoms with Gasteiger partial charge in [-0.2, -0.15) is 0 Å². The lowest BCUT2D eigenvalue weighted by Crippen LogP contribution is -2.37. The lowest BCUT2D eigenvalue weighted by Gasteiger charge is -2.26. The molecule has 2 saturated heterocycles. The van der Waals surface area contributed by atoms with E-state index in [1.807, 2.05) is 7.05 Å². The number of hydrogen-bond donors (Lipinski definition) is 2. The van der Waals surface area contributed by atoms with E-state index in [-0.39, 0.29) is 0 Å². The Balaban J connectivity index is 1.17. The van der Waals surface area contributed by atoms with Gasteiger partial charge in [-0.1, -0.05) is 30.7 Å². The fourth-order valence-corrected chi connectivity index (χ4v) is 5.23. The van der Waals surface area contributed by atoms with Crippen molar-refractivity contribution in [3.8, 4) is 0 Å². The molecule has 2 aliphatic heterocycles. The van der Waals surface area contributed by atoms with Crippen molar-refractivity contribution in [1.29, 1.82) is 0 Å². The summed E-state index contributed by atoms with van der Waals surface area (Å²) < 4.78 is 0. The lowest BCUT2D eigenvalue weighted by molar-refractivity contribution is 0.221. The Morgan fingerprint density at radius 1 is 0.968 bits per heavy atom. The number of anilines is 1. The molecule has 0 atom stereocenters. The highest BCUT2D eigenvalue weighted by molar-refractivity contribution is 7.13. The smallest absolute Gasteiger partial charge is 0.191 e. The third kappa shape index (κ3) is 6.68. The van der Waals surface area contributed by atoms with Crippen LogP contribution in [0.4, 0.5) is 5.13 Å². The van der Waals surface area contributed by atoms with Crippen LogP contribution in [-0.2, 0) is 19.5 Å². The minimum absolute atomic E-state index is 0.777. The van der Waals surface area contributed by atoms with Crippen molar-refractivity contribution in [2.24, 2.45) is 4.99 Å². The molecule has 0 saturated carbocycles. The maximum Gasteiger partial charge on any atom is 0.191 e. The van der Waals surface area contributed by atoms with Gasteiger partial charge in [-0.05, 0) is 49.9 Å². The SMILES string of the molecule is CN=C(NCCc1csc(N2CCCC2)n1)NCc1ccc(CN2CCCCC2)cc1. The highest BCUT2D eigenvalue weighted by Gasteiger charge is 2.15. The first-order chi connectivity index (χ1) is 15.3. The highest BCUT2D eigenvalue weighted by Crippen LogP contribution is 2.24. The van der Waals surface area contributed by atoms with Gasteiger partial charge in [0.15, 0.2) is 11.1 Å². The first-order valence-electron chi connectivity index (χ1n) is 11.7. The molecular weight excluding hydrogens is 404 g/mol. The summed E-state index contributed by atoms with van der Waals surface area (Å²) in [6.45, 7) is 7.48. The molecule has 31 heavy (non-hydrogen) atoms. The molecule has 2 N–H and O–H groups in total. The largest absolute Gasteiger partial charge is 0.356 e. The van der Waals surface area contributed by atoms with E-state index in [1.54, 1.807) is 11.3 Å². The summed E-state index contributed by atoms with van der Waals surface area (Å²) in [5, 5.41) is 10.2. The molecule has 1 aromatic heterocycles.